The summed E-state index contributed by atoms with van der Waals surface area (Å²) in [5.41, 5.74) is 2.56. The topological polar surface area (TPSA) is 44.8 Å². The van der Waals surface area contributed by atoms with Gasteiger partial charge in [-0.2, -0.15) is 0 Å². The molecule has 190 valence electrons. The molecule has 2 aromatic carbocycles. The lowest BCUT2D eigenvalue weighted by Crippen LogP contribution is -2.60. The van der Waals surface area contributed by atoms with E-state index in [1.54, 1.807) is 0 Å². The Morgan fingerprint density at radius 1 is 1.00 bits per heavy atom. The van der Waals surface area contributed by atoms with Crippen LogP contribution in [-0.2, 0) is 4.79 Å². The molecule has 5 heteroatoms. The number of rotatable bonds is 7. The van der Waals surface area contributed by atoms with Crippen LogP contribution < -0.4 is 10.1 Å². The van der Waals surface area contributed by atoms with Crippen molar-refractivity contribution < 1.29 is 9.53 Å². The molecule has 5 nitrogen and oxygen atoms in total. The van der Waals surface area contributed by atoms with E-state index in [1.807, 2.05) is 6.92 Å². The third-order valence-corrected chi connectivity index (χ3v) is 7.64. The molecule has 0 saturated carbocycles. The molecule has 2 saturated heterocycles. The second kappa shape index (κ2) is 11.6. The van der Waals surface area contributed by atoms with Crippen LogP contribution in [0, 0.1) is 11.3 Å². The largest absolute Gasteiger partial charge is 0.494 e. The minimum absolute atomic E-state index is 0.00249. The standard InChI is InChI=1S/C30H43N3O2/c1-5-35-26-13-11-25(12-14-26)29(24-9-7-6-8-10-24)32-19-20-33(27(22-32)30(2,3)4)28(34)21-23-15-17-31-18-16-23/h6-14,23,27,29,31H,5,15-22H2,1-4H3/t27-,29?/m1/s1. The average Bonchev–Trinajstić information content (AvgIpc) is 2.86. The minimum atomic E-state index is 0.00249. The van der Waals surface area contributed by atoms with Crippen molar-refractivity contribution >= 4 is 5.91 Å². The van der Waals surface area contributed by atoms with Gasteiger partial charge in [0.05, 0.1) is 12.6 Å². The summed E-state index contributed by atoms with van der Waals surface area (Å²) in [7, 11) is 0. The van der Waals surface area contributed by atoms with Crippen LogP contribution in [0.15, 0.2) is 54.6 Å². The first-order valence-corrected chi connectivity index (χ1v) is 13.4. The van der Waals surface area contributed by atoms with Crippen LogP contribution in [0.5, 0.6) is 5.75 Å². The van der Waals surface area contributed by atoms with Gasteiger partial charge in [0, 0.05) is 32.1 Å². The van der Waals surface area contributed by atoms with E-state index in [0.29, 0.717) is 24.9 Å². The Bertz CT molecular complexity index is 932. The Hall–Kier alpha value is -2.37. The summed E-state index contributed by atoms with van der Waals surface area (Å²) in [5, 5.41) is 3.42. The summed E-state index contributed by atoms with van der Waals surface area (Å²) >= 11 is 0. The van der Waals surface area contributed by atoms with Gasteiger partial charge in [-0.3, -0.25) is 9.69 Å². The number of benzene rings is 2. The van der Waals surface area contributed by atoms with Crippen molar-refractivity contribution in [3.05, 3.63) is 65.7 Å². The summed E-state index contributed by atoms with van der Waals surface area (Å²) in [4.78, 5) is 18.3. The molecule has 2 aromatic rings. The quantitative estimate of drug-likeness (QED) is 0.601. The molecule has 2 fully saturated rings. The molecule has 2 aliphatic rings. The predicted octanol–water partition coefficient (Wildman–Crippen LogP) is 5.12. The first-order valence-electron chi connectivity index (χ1n) is 13.4. The first kappa shape index (κ1) is 25.7. The molecule has 4 rings (SSSR count). The molecule has 1 amide bonds. The van der Waals surface area contributed by atoms with Crippen LogP contribution in [0.3, 0.4) is 0 Å². The second-order valence-electron chi connectivity index (χ2n) is 11.2. The van der Waals surface area contributed by atoms with Crippen molar-refractivity contribution in [3.8, 4) is 5.75 Å². The average molecular weight is 478 g/mol. The number of piperidine rings is 1. The third kappa shape index (κ3) is 6.45. The van der Waals surface area contributed by atoms with E-state index >= 15 is 0 Å². The Kier molecular flexibility index (Phi) is 8.51. The molecule has 2 atom stereocenters. The van der Waals surface area contributed by atoms with E-state index in [4.69, 9.17) is 4.74 Å². The summed E-state index contributed by atoms with van der Waals surface area (Å²) < 4.78 is 5.69. The molecular formula is C30H43N3O2. The predicted molar refractivity (Wildman–Crippen MR) is 143 cm³/mol. The van der Waals surface area contributed by atoms with Crippen molar-refractivity contribution in [1.29, 1.82) is 0 Å². The molecule has 1 N–H and O–H groups in total. The van der Waals surface area contributed by atoms with Gasteiger partial charge in [0.2, 0.25) is 5.91 Å². The van der Waals surface area contributed by atoms with E-state index < -0.39 is 0 Å². The molecule has 2 heterocycles. The highest BCUT2D eigenvalue weighted by atomic mass is 16.5. The molecule has 35 heavy (non-hydrogen) atoms. The second-order valence-corrected chi connectivity index (χ2v) is 11.2. The van der Waals surface area contributed by atoms with Gasteiger partial charge in [-0.1, -0.05) is 63.2 Å². The lowest BCUT2D eigenvalue weighted by molar-refractivity contribution is -0.141. The highest BCUT2D eigenvalue weighted by Crippen LogP contribution is 2.36. The maximum Gasteiger partial charge on any atom is 0.223 e. The summed E-state index contributed by atoms with van der Waals surface area (Å²) in [5.74, 6) is 1.76. The normalized spacial score (nSPS) is 21.0. The number of hydrogen-bond donors (Lipinski definition) is 1. The van der Waals surface area contributed by atoms with Crippen molar-refractivity contribution in [2.75, 3.05) is 39.3 Å². The zero-order chi connectivity index (χ0) is 24.8. The van der Waals surface area contributed by atoms with E-state index in [-0.39, 0.29) is 17.5 Å². The Morgan fingerprint density at radius 3 is 2.29 bits per heavy atom. The molecule has 0 aromatic heterocycles. The minimum Gasteiger partial charge on any atom is -0.494 e. The highest BCUT2D eigenvalue weighted by Gasteiger charge is 2.40. The van der Waals surface area contributed by atoms with Gasteiger partial charge >= 0.3 is 0 Å². The van der Waals surface area contributed by atoms with Crippen molar-refractivity contribution in [2.45, 2.75) is 59.0 Å². The van der Waals surface area contributed by atoms with Crippen LogP contribution in [-0.4, -0.2) is 61.1 Å². The molecular weight excluding hydrogens is 434 g/mol. The highest BCUT2D eigenvalue weighted by molar-refractivity contribution is 5.77. The van der Waals surface area contributed by atoms with Crippen LogP contribution in [0.4, 0.5) is 0 Å². The van der Waals surface area contributed by atoms with Crippen LogP contribution in [0.2, 0.25) is 0 Å². The van der Waals surface area contributed by atoms with Gasteiger partial charge in [0.1, 0.15) is 5.75 Å². The number of nitrogens with zero attached hydrogens (tertiary/aromatic N) is 2. The van der Waals surface area contributed by atoms with E-state index in [9.17, 15) is 4.79 Å². The molecule has 1 unspecified atom stereocenters. The molecule has 0 spiro atoms. The van der Waals surface area contributed by atoms with Gasteiger partial charge in [-0.15, -0.1) is 0 Å². The van der Waals surface area contributed by atoms with Crippen LogP contribution >= 0.6 is 0 Å². The summed E-state index contributed by atoms with van der Waals surface area (Å²) in [6, 6.07) is 19.7. The lowest BCUT2D eigenvalue weighted by Gasteiger charge is -2.49. The Labute approximate surface area is 211 Å². The summed E-state index contributed by atoms with van der Waals surface area (Å²) in [6.07, 6.45) is 2.91. The lowest BCUT2D eigenvalue weighted by atomic mass is 9.82. The molecule has 2 aliphatic heterocycles. The van der Waals surface area contributed by atoms with E-state index in [0.717, 1.165) is 51.3 Å². The third-order valence-electron chi connectivity index (χ3n) is 7.64. The Morgan fingerprint density at radius 2 is 1.66 bits per heavy atom. The van der Waals surface area contributed by atoms with Gasteiger partial charge in [0.15, 0.2) is 0 Å². The van der Waals surface area contributed by atoms with Gasteiger partial charge in [-0.25, -0.2) is 0 Å². The molecule has 0 radical (unpaired) electrons. The number of piperazine rings is 1. The van der Waals surface area contributed by atoms with Crippen molar-refractivity contribution in [3.63, 3.8) is 0 Å². The van der Waals surface area contributed by atoms with Gasteiger partial charge in [0.25, 0.3) is 0 Å². The van der Waals surface area contributed by atoms with E-state index in [2.05, 4.69) is 90.5 Å². The fourth-order valence-corrected chi connectivity index (χ4v) is 5.69. The number of hydrogen-bond acceptors (Lipinski definition) is 4. The number of ether oxygens (including phenoxy) is 1. The maximum absolute atomic E-state index is 13.5. The Balaban J connectivity index is 1.57. The number of carbonyl (C=O) groups is 1. The number of amides is 1. The van der Waals surface area contributed by atoms with Gasteiger partial charge < -0.3 is 15.0 Å². The number of carbonyl (C=O) groups excluding carboxylic acids is 1. The van der Waals surface area contributed by atoms with Crippen molar-refractivity contribution in [1.82, 2.24) is 15.1 Å². The van der Waals surface area contributed by atoms with Crippen LogP contribution in [0.25, 0.3) is 0 Å². The van der Waals surface area contributed by atoms with E-state index in [1.165, 1.54) is 11.1 Å². The maximum atomic E-state index is 13.5. The monoisotopic (exact) mass is 477 g/mol. The first-order chi connectivity index (χ1) is 16.9. The smallest absolute Gasteiger partial charge is 0.223 e. The summed E-state index contributed by atoms with van der Waals surface area (Å²) in [6.45, 7) is 14.1. The number of nitrogens with one attached hydrogen (secondary N) is 1. The molecule has 0 bridgehead atoms. The van der Waals surface area contributed by atoms with Crippen LogP contribution in [0.1, 0.15) is 64.1 Å². The fraction of sp³-hybridized carbons (Fsp3) is 0.567. The SMILES string of the molecule is CCOc1ccc(C(c2ccccc2)N2CCN(C(=O)CC3CCNCC3)[C@@H](C(C)(C)C)C2)cc1. The van der Waals surface area contributed by atoms with Gasteiger partial charge in [-0.05, 0) is 67.4 Å². The van der Waals surface area contributed by atoms with Crippen molar-refractivity contribution in [2.24, 2.45) is 11.3 Å². The zero-order valence-corrected chi connectivity index (χ0v) is 22.0. The fourth-order valence-electron chi connectivity index (χ4n) is 5.69. The zero-order valence-electron chi connectivity index (χ0n) is 22.0. The molecule has 0 aliphatic carbocycles.